The average Bonchev–Trinajstić information content (AvgIpc) is 3.18. The number of carbonyl (C=O) groups excluding carboxylic acids is 2. The average molecular weight is 340 g/mol. The molecule has 0 radical (unpaired) electrons. The molecule has 6 nitrogen and oxygen atoms in total. The minimum absolute atomic E-state index is 0. The van der Waals surface area contributed by atoms with Gasteiger partial charge in [0, 0.05) is 18.7 Å². The zero-order valence-electron chi connectivity index (χ0n) is 13.1. The van der Waals surface area contributed by atoms with Crippen molar-refractivity contribution in [1.82, 2.24) is 5.32 Å². The number of ether oxygens (including phenoxy) is 1. The van der Waals surface area contributed by atoms with Crippen LogP contribution in [0.5, 0.6) is 5.75 Å². The monoisotopic (exact) mass is 339 g/mol. The summed E-state index contributed by atoms with van der Waals surface area (Å²) >= 11 is 0. The maximum atomic E-state index is 12.2. The quantitative estimate of drug-likeness (QED) is 0.879. The first-order valence-electron chi connectivity index (χ1n) is 7.71. The van der Waals surface area contributed by atoms with Crippen molar-refractivity contribution in [2.75, 3.05) is 30.4 Å². The Kier molecular flexibility index (Phi) is 5.85. The smallest absolute Gasteiger partial charge is 0.241 e. The van der Waals surface area contributed by atoms with Gasteiger partial charge in [-0.15, -0.1) is 12.4 Å². The molecule has 23 heavy (non-hydrogen) atoms. The number of hydrogen-bond acceptors (Lipinski definition) is 4. The number of hydrogen-bond donors (Lipinski definition) is 2. The van der Waals surface area contributed by atoms with Gasteiger partial charge in [0.25, 0.3) is 0 Å². The fourth-order valence-corrected chi connectivity index (χ4v) is 3.02. The van der Waals surface area contributed by atoms with Crippen molar-refractivity contribution in [1.29, 1.82) is 0 Å². The molecule has 2 aliphatic heterocycles. The number of halogens is 1. The third kappa shape index (κ3) is 3.76. The Morgan fingerprint density at radius 1 is 1.39 bits per heavy atom. The maximum Gasteiger partial charge on any atom is 0.241 e. The molecular weight excluding hydrogens is 318 g/mol. The highest BCUT2D eigenvalue weighted by Gasteiger charge is 2.26. The summed E-state index contributed by atoms with van der Waals surface area (Å²) in [5.41, 5.74) is 1.41. The van der Waals surface area contributed by atoms with E-state index < -0.39 is 0 Å². The van der Waals surface area contributed by atoms with Crippen molar-refractivity contribution in [3.8, 4) is 5.75 Å². The Bertz CT molecular complexity index is 588. The number of methoxy groups -OCH3 is 1. The van der Waals surface area contributed by atoms with Crippen molar-refractivity contribution < 1.29 is 14.3 Å². The van der Waals surface area contributed by atoms with Crippen LogP contribution in [0.1, 0.15) is 25.7 Å². The molecule has 2 fully saturated rings. The van der Waals surface area contributed by atoms with Crippen molar-refractivity contribution >= 4 is 35.6 Å². The molecule has 2 amide bonds. The Balaban J connectivity index is 0.00000192. The Hall–Kier alpha value is -1.79. The zero-order valence-corrected chi connectivity index (χ0v) is 13.9. The molecule has 0 spiro atoms. The highest BCUT2D eigenvalue weighted by atomic mass is 35.5. The molecule has 0 aliphatic carbocycles. The van der Waals surface area contributed by atoms with Gasteiger partial charge in [0.1, 0.15) is 5.75 Å². The highest BCUT2D eigenvalue weighted by molar-refractivity contribution is 5.99. The van der Waals surface area contributed by atoms with E-state index in [0.717, 1.165) is 31.5 Å². The molecule has 1 atom stereocenters. The summed E-state index contributed by atoms with van der Waals surface area (Å²) in [6.45, 7) is 1.57. The molecule has 1 aromatic rings. The molecule has 2 saturated heterocycles. The van der Waals surface area contributed by atoms with Crippen molar-refractivity contribution in [3.63, 3.8) is 0 Å². The second-order valence-electron chi connectivity index (χ2n) is 5.67. The molecule has 0 bridgehead atoms. The van der Waals surface area contributed by atoms with E-state index in [-0.39, 0.29) is 30.3 Å². The normalized spacial score (nSPS) is 20.3. The van der Waals surface area contributed by atoms with Crippen LogP contribution < -0.4 is 20.3 Å². The van der Waals surface area contributed by atoms with Crippen LogP contribution in [0, 0.1) is 0 Å². The number of nitrogens with one attached hydrogen (secondary N) is 2. The molecule has 2 aliphatic rings. The predicted octanol–water partition coefficient (Wildman–Crippen LogP) is 1.93. The van der Waals surface area contributed by atoms with Crippen LogP contribution in [-0.2, 0) is 9.59 Å². The van der Waals surface area contributed by atoms with E-state index in [9.17, 15) is 9.59 Å². The van der Waals surface area contributed by atoms with Gasteiger partial charge in [-0.25, -0.2) is 0 Å². The highest BCUT2D eigenvalue weighted by Crippen LogP contribution is 2.34. The van der Waals surface area contributed by atoms with Crippen LogP contribution in [0.4, 0.5) is 11.4 Å². The Labute approximate surface area is 142 Å². The van der Waals surface area contributed by atoms with E-state index in [1.165, 1.54) is 0 Å². The van der Waals surface area contributed by atoms with Gasteiger partial charge in [-0.2, -0.15) is 0 Å². The van der Waals surface area contributed by atoms with Gasteiger partial charge in [-0.05, 0) is 44.0 Å². The van der Waals surface area contributed by atoms with Crippen LogP contribution in [0.15, 0.2) is 18.2 Å². The summed E-state index contributed by atoms with van der Waals surface area (Å²) in [7, 11) is 1.58. The Morgan fingerprint density at radius 2 is 2.22 bits per heavy atom. The van der Waals surface area contributed by atoms with E-state index in [4.69, 9.17) is 4.74 Å². The fraction of sp³-hybridized carbons (Fsp3) is 0.500. The molecule has 2 N–H and O–H groups in total. The SMILES string of the molecule is COc1ccc(NC(=O)C2CCCN2)cc1N1CCCC1=O.Cl. The van der Waals surface area contributed by atoms with Gasteiger partial charge in [-0.3, -0.25) is 9.59 Å². The topological polar surface area (TPSA) is 70.7 Å². The lowest BCUT2D eigenvalue weighted by Crippen LogP contribution is -2.35. The third-order valence-corrected chi connectivity index (χ3v) is 4.19. The minimum atomic E-state index is -0.126. The van der Waals surface area contributed by atoms with Crippen molar-refractivity contribution in [2.45, 2.75) is 31.7 Å². The maximum absolute atomic E-state index is 12.2. The van der Waals surface area contributed by atoms with E-state index in [0.29, 0.717) is 24.4 Å². The lowest BCUT2D eigenvalue weighted by molar-refractivity contribution is -0.118. The molecule has 1 aromatic carbocycles. The second kappa shape index (κ2) is 7.66. The second-order valence-corrected chi connectivity index (χ2v) is 5.67. The number of rotatable bonds is 4. The van der Waals surface area contributed by atoms with E-state index in [1.807, 2.05) is 6.07 Å². The zero-order chi connectivity index (χ0) is 15.5. The van der Waals surface area contributed by atoms with Gasteiger partial charge >= 0.3 is 0 Å². The molecule has 0 saturated carbocycles. The Morgan fingerprint density at radius 3 is 2.83 bits per heavy atom. The van der Waals surface area contributed by atoms with E-state index in [2.05, 4.69) is 10.6 Å². The van der Waals surface area contributed by atoms with Crippen LogP contribution in [0.3, 0.4) is 0 Å². The van der Waals surface area contributed by atoms with Gasteiger partial charge < -0.3 is 20.3 Å². The van der Waals surface area contributed by atoms with E-state index >= 15 is 0 Å². The molecule has 2 heterocycles. The number of amides is 2. The first kappa shape index (κ1) is 17.6. The van der Waals surface area contributed by atoms with Gasteiger partial charge in [0.2, 0.25) is 11.8 Å². The molecule has 126 valence electrons. The summed E-state index contributed by atoms with van der Waals surface area (Å²) in [6.07, 6.45) is 3.30. The summed E-state index contributed by atoms with van der Waals surface area (Å²) in [5.74, 6) is 0.716. The lowest BCUT2D eigenvalue weighted by Gasteiger charge is -2.20. The summed E-state index contributed by atoms with van der Waals surface area (Å²) in [4.78, 5) is 25.9. The van der Waals surface area contributed by atoms with Crippen LogP contribution in [0.25, 0.3) is 0 Å². The van der Waals surface area contributed by atoms with Gasteiger partial charge in [0.05, 0.1) is 18.8 Å². The minimum Gasteiger partial charge on any atom is -0.495 e. The summed E-state index contributed by atoms with van der Waals surface area (Å²) < 4.78 is 5.35. The predicted molar refractivity (Wildman–Crippen MR) is 91.5 cm³/mol. The molecule has 1 unspecified atom stereocenters. The van der Waals surface area contributed by atoms with Gasteiger partial charge in [-0.1, -0.05) is 0 Å². The number of nitrogens with zero attached hydrogens (tertiary/aromatic N) is 1. The summed E-state index contributed by atoms with van der Waals surface area (Å²) in [6, 6.07) is 5.28. The van der Waals surface area contributed by atoms with E-state index in [1.54, 1.807) is 24.1 Å². The largest absolute Gasteiger partial charge is 0.495 e. The van der Waals surface area contributed by atoms with Crippen molar-refractivity contribution in [3.05, 3.63) is 18.2 Å². The molecular formula is C16H22ClN3O3. The van der Waals surface area contributed by atoms with Crippen LogP contribution in [-0.4, -0.2) is 38.1 Å². The fourth-order valence-electron chi connectivity index (χ4n) is 3.02. The van der Waals surface area contributed by atoms with Gasteiger partial charge in [0.15, 0.2) is 0 Å². The van der Waals surface area contributed by atoms with Crippen LogP contribution in [0.2, 0.25) is 0 Å². The summed E-state index contributed by atoms with van der Waals surface area (Å²) in [5, 5.41) is 6.09. The molecule has 3 rings (SSSR count). The molecule has 7 heteroatoms. The first-order valence-corrected chi connectivity index (χ1v) is 7.71. The van der Waals surface area contributed by atoms with Crippen LogP contribution >= 0.6 is 12.4 Å². The lowest BCUT2D eigenvalue weighted by atomic mass is 10.2. The number of benzene rings is 1. The number of carbonyl (C=O) groups is 2. The third-order valence-electron chi connectivity index (χ3n) is 4.19. The number of anilines is 2. The standard InChI is InChI=1S/C16H21N3O3.ClH/c1-22-14-7-6-11(18-16(21)12-4-2-8-17-12)10-13(14)19-9-3-5-15(19)20;/h6-7,10,12,17H,2-5,8-9H2,1H3,(H,18,21);1H. The first-order chi connectivity index (χ1) is 10.7. The molecule has 0 aromatic heterocycles. The van der Waals surface area contributed by atoms with Crippen molar-refractivity contribution in [2.24, 2.45) is 0 Å².